The van der Waals surface area contributed by atoms with Crippen LogP contribution in [0.15, 0.2) is 18.2 Å². The predicted octanol–water partition coefficient (Wildman–Crippen LogP) is 2.49. The summed E-state index contributed by atoms with van der Waals surface area (Å²) < 4.78 is 18.6. The van der Waals surface area contributed by atoms with Crippen LogP contribution in [0.1, 0.15) is 30.0 Å². The van der Waals surface area contributed by atoms with Gasteiger partial charge < -0.3 is 10.5 Å². The molecule has 0 amide bonds. The van der Waals surface area contributed by atoms with E-state index in [1.54, 1.807) is 20.1 Å². The van der Waals surface area contributed by atoms with Crippen molar-refractivity contribution < 1.29 is 9.13 Å². The minimum absolute atomic E-state index is 0.150. The molecule has 0 radical (unpaired) electrons. The second-order valence-electron chi connectivity index (χ2n) is 5.69. The van der Waals surface area contributed by atoms with Crippen LogP contribution in [-0.2, 0) is 4.74 Å². The summed E-state index contributed by atoms with van der Waals surface area (Å²) in [6, 6.07) is 5.53. The summed E-state index contributed by atoms with van der Waals surface area (Å²) in [4.78, 5) is 2.42. The van der Waals surface area contributed by atoms with Crippen molar-refractivity contribution in [1.29, 1.82) is 0 Å². The van der Waals surface area contributed by atoms with Gasteiger partial charge in [0.25, 0.3) is 0 Å². The monoisotopic (exact) mass is 280 g/mol. The first-order valence-electron chi connectivity index (χ1n) is 7.34. The summed E-state index contributed by atoms with van der Waals surface area (Å²) in [5.74, 6) is 0.507. The molecule has 0 saturated carbocycles. The third-order valence-electron chi connectivity index (χ3n) is 4.28. The van der Waals surface area contributed by atoms with Gasteiger partial charge in [-0.3, -0.25) is 4.90 Å². The van der Waals surface area contributed by atoms with Gasteiger partial charge in [-0.2, -0.15) is 0 Å². The topological polar surface area (TPSA) is 38.5 Å². The Labute approximate surface area is 120 Å². The fraction of sp³-hybridized carbons (Fsp3) is 0.625. The van der Waals surface area contributed by atoms with Crippen LogP contribution < -0.4 is 5.73 Å². The summed E-state index contributed by atoms with van der Waals surface area (Å²) in [5, 5.41) is 0. The van der Waals surface area contributed by atoms with Crippen LogP contribution in [0.2, 0.25) is 0 Å². The van der Waals surface area contributed by atoms with Crippen molar-refractivity contribution in [2.24, 2.45) is 11.7 Å². The third-order valence-corrected chi connectivity index (χ3v) is 4.28. The molecule has 1 aliphatic rings. The molecule has 20 heavy (non-hydrogen) atoms. The fourth-order valence-electron chi connectivity index (χ4n) is 3.04. The number of halogens is 1. The maximum atomic E-state index is 13.4. The molecule has 2 N–H and O–H groups in total. The summed E-state index contributed by atoms with van der Waals surface area (Å²) >= 11 is 0. The van der Waals surface area contributed by atoms with Crippen molar-refractivity contribution in [3.8, 4) is 0 Å². The van der Waals surface area contributed by atoms with Crippen LogP contribution in [-0.4, -0.2) is 38.3 Å². The van der Waals surface area contributed by atoms with Gasteiger partial charge in [-0.05, 0) is 56.0 Å². The number of hydrogen-bond acceptors (Lipinski definition) is 3. The van der Waals surface area contributed by atoms with Gasteiger partial charge in [-0.1, -0.05) is 12.1 Å². The van der Waals surface area contributed by atoms with E-state index in [2.05, 4.69) is 4.90 Å². The highest BCUT2D eigenvalue weighted by Crippen LogP contribution is 2.27. The van der Waals surface area contributed by atoms with Gasteiger partial charge in [-0.25, -0.2) is 4.39 Å². The first kappa shape index (κ1) is 15.4. The highest BCUT2D eigenvalue weighted by atomic mass is 19.1. The largest absolute Gasteiger partial charge is 0.384 e. The highest BCUT2D eigenvalue weighted by molar-refractivity contribution is 5.27. The van der Waals surface area contributed by atoms with E-state index in [1.165, 1.54) is 0 Å². The number of hydrogen-bond donors (Lipinski definition) is 1. The van der Waals surface area contributed by atoms with Crippen LogP contribution in [0.3, 0.4) is 0 Å². The molecule has 1 saturated heterocycles. The molecular formula is C16H25FN2O. The standard InChI is InChI=1S/C16H25FN2O/c1-12-9-14(3-4-15(12)17)16(10-18)19-7-5-13(6-8-19)11-20-2/h3-4,9,13,16H,5-8,10-11,18H2,1-2H3. The summed E-state index contributed by atoms with van der Waals surface area (Å²) in [6.45, 7) is 5.28. The lowest BCUT2D eigenvalue weighted by atomic mass is 9.94. The Hall–Kier alpha value is -0.970. The van der Waals surface area contributed by atoms with Gasteiger partial charge >= 0.3 is 0 Å². The number of methoxy groups -OCH3 is 1. The highest BCUT2D eigenvalue weighted by Gasteiger charge is 2.25. The van der Waals surface area contributed by atoms with E-state index in [0.29, 0.717) is 18.0 Å². The zero-order chi connectivity index (χ0) is 14.5. The number of rotatable bonds is 5. The molecule has 1 aromatic carbocycles. The maximum absolute atomic E-state index is 13.4. The molecule has 1 unspecified atom stereocenters. The van der Waals surface area contributed by atoms with Gasteiger partial charge in [0.05, 0.1) is 0 Å². The molecule has 2 rings (SSSR count). The first-order chi connectivity index (χ1) is 9.65. The average molecular weight is 280 g/mol. The maximum Gasteiger partial charge on any atom is 0.126 e. The molecule has 112 valence electrons. The van der Waals surface area contributed by atoms with Crippen LogP contribution >= 0.6 is 0 Å². The van der Waals surface area contributed by atoms with Crippen LogP contribution in [0, 0.1) is 18.7 Å². The van der Waals surface area contributed by atoms with E-state index < -0.39 is 0 Å². The molecule has 0 aliphatic carbocycles. The van der Waals surface area contributed by atoms with E-state index in [1.807, 2.05) is 12.1 Å². The summed E-state index contributed by atoms with van der Waals surface area (Å²) in [6.07, 6.45) is 2.29. The molecule has 4 heteroatoms. The average Bonchev–Trinajstić information content (AvgIpc) is 2.46. The number of nitrogens with zero attached hydrogens (tertiary/aromatic N) is 1. The van der Waals surface area contributed by atoms with Crippen LogP contribution in [0.4, 0.5) is 4.39 Å². The lowest BCUT2D eigenvalue weighted by Crippen LogP contribution is -2.40. The van der Waals surface area contributed by atoms with Crippen molar-refractivity contribution in [3.63, 3.8) is 0 Å². The Kier molecular flexibility index (Phi) is 5.52. The van der Waals surface area contributed by atoms with E-state index in [4.69, 9.17) is 10.5 Å². The van der Waals surface area contributed by atoms with E-state index in [9.17, 15) is 4.39 Å². The Bertz CT molecular complexity index is 430. The number of likely N-dealkylation sites (tertiary alicyclic amines) is 1. The Morgan fingerprint density at radius 1 is 1.40 bits per heavy atom. The molecule has 0 bridgehead atoms. The van der Waals surface area contributed by atoms with Crippen molar-refractivity contribution >= 4 is 0 Å². The van der Waals surface area contributed by atoms with Gasteiger partial charge in [-0.15, -0.1) is 0 Å². The van der Waals surface area contributed by atoms with Crippen molar-refractivity contribution in [1.82, 2.24) is 4.90 Å². The number of piperidine rings is 1. The second kappa shape index (κ2) is 7.16. The van der Waals surface area contributed by atoms with Gasteiger partial charge in [0.2, 0.25) is 0 Å². The number of nitrogens with two attached hydrogens (primary N) is 1. The molecule has 1 aromatic rings. The SMILES string of the molecule is COCC1CCN(C(CN)c2ccc(F)c(C)c2)CC1. The third kappa shape index (κ3) is 3.57. The number of ether oxygens (including phenoxy) is 1. The first-order valence-corrected chi connectivity index (χ1v) is 7.34. The minimum atomic E-state index is -0.150. The normalized spacial score (nSPS) is 19.2. The van der Waals surface area contributed by atoms with E-state index in [0.717, 1.165) is 38.1 Å². The van der Waals surface area contributed by atoms with Gasteiger partial charge in [0.15, 0.2) is 0 Å². The number of benzene rings is 1. The smallest absolute Gasteiger partial charge is 0.126 e. The van der Waals surface area contributed by atoms with Crippen molar-refractivity contribution in [2.45, 2.75) is 25.8 Å². The molecule has 3 nitrogen and oxygen atoms in total. The molecule has 1 aliphatic heterocycles. The second-order valence-corrected chi connectivity index (χ2v) is 5.69. The molecule has 1 fully saturated rings. The lowest BCUT2D eigenvalue weighted by Gasteiger charge is -2.37. The zero-order valence-electron chi connectivity index (χ0n) is 12.4. The van der Waals surface area contributed by atoms with Crippen molar-refractivity contribution in [2.75, 3.05) is 33.4 Å². The minimum Gasteiger partial charge on any atom is -0.384 e. The van der Waals surface area contributed by atoms with E-state index >= 15 is 0 Å². The summed E-state index contributed by atoms with van der Waals surface area (Å²) in [5.41, 5.74) is 7.77. The van der Waals surface area contributed by atoms with Gasteiger partial charge in [0, 0.05) is 26.3 Å². The Balaban J connectivity index is 2.03. The van der Waals surface area contributed by atoms with Crippen LogP contribution in [0.25, 0.3) is 0 Å². The zero-order valence-corrected chi connectivity index (χ0v) is 12.4. The fourth-order valence-corrected chi connectivity index (χ4v) is 3.04. The molecular weight excluding hydrogens is 255 g/mol. The van der Waals surface area contributed by atoms with Crippen molar-refractivity contribution in [3.05, 3.63) is 35.1 Å². The molecule has 0 spiro atoms. The Morgan fingerprint density at radius 2 is 2.10 bits per heavy atom. The lowest BCUT2D eigenvalue weighted by molar-refractivity contribution is 0.0810. The quantitative estimate of drug-likeness (QED) is 0.900. The Morgan fingerprint density at radius 3 is 2.65 bits per heavy atom. The summed E-state index contributed by atoms with van der Waals surface area (Å²) in [7, 11) is 1.76. The predicted molar refractivity (Wildman–Crippen MR) is 79.1 cm³/mol. The van der Waals surface area contributed by atoms with E-state index in [-0.39, 0.29) is 11.9 Å². The molecule has 1 heterocycles. The number of aryl methyl sites for hydroxylation is 1. The van der Waals surface area contributed by atoms with Gasteiger partial charge in [0.1, 0.15) is 5.82 Å². The molecule has 0 aromatic heterocycles. The van der Waals surface area contributed by atoms with Crippen LogP contribution in [0.5, 0.6) is 0 Å². The molecule has 1 atom stereocenters.